The van der Waals surface area contributed by atoms with Gasteiger partial charge in [0.15, 0.2) is 11.1 Å². The maximum atomic E-state index is 12.7. The molecule has 0 N–H and O–H groups in total. The summed E-state index contributed by atoms with van der Waals surface area (Å²) < 4.78 is 24.6. The Kier molecular flexibility index (Phi) is 6.62. The number of anilines is 1. The third kappa shape index (κ3) is 5.26. The van der Waals surface area contributed by atoms with E-state index < -0.39 is 5.60 Å². The minimum atomic E-state index is -0.516. The second kappa shape index (κ2) is 10.3. The van der Waals surface area contributed by atoms with Crippen molar-refractivity contribution in [1.82, 2.24) is 14.9 Å². The molecule has 4 aromatic rings. The lowest BCUT2D eigenvalue weighted by atomic mass is 9.88. The molecule has 2 bridgehead atoms. The molecule has 3 saturated heterocycles. The summed E-state index contributed by atoms with van der Waals surface area (Å²) in [6.07, 6.45) is 4.43. The summed E-state index contributed by atoms with van der Waals surface area (Å²) in [4.78, 5) is 26.2. The number of carbonyl (C=O) groups is 1. The number of amides is 1. The molecule has 2 aromatic heterocycles. The number of oxazole rings is 1. The van der Waals surface area contributed by atoms with Gasteiger partial charge in [-0.1, -0.05) is 30.3 Å². The molecule has 9 nitrogen and oxygen atoms in total. The molecule has 1 amide bonds. The van der Waals surface area contributed by atoms with Crippen molar-refractivity contribution in [1.29, 1.82) is 0 Å². The largest absolute Gasteiger partial charge is 0.488 e. The van der Waals surface area contributed by atoms with Gasteiger partial charge in [-0.2, -0.15) is 4.98 Å². The van der Waals surface area contributed by atoms with Crippen LogP contribution in [0.3, 0.4) is 0 Å². The Morgan fingerprint density at radius 2 is 1.83 bits per heavy atom. The molecule has 10 heteroatoms. The van der Waals surface area contributed by atoms with Crippen LogP contribution in [-0.2, 0) is 16.1 Å². The van der Waals surface area contributed by atoms with E-state index in [1.807, 2.05) is 61.4 Å². The lowest BCUT2D eigenvalue weighted by Gasteiger charge is -2.55. The quantitative estimate of drug-likeness (QED) is 0.255. The van der Waals surface area contributed by atoms with E-state index in [9.17, 15) is 4.79 Å². The second-order valence-corrected chi connectivity index (χ2v) is 13.0. The van der Waals surface area contributed by atoms with Crippen LogP contribution in [0.2, 0.25) is 0 Å². The van der Waals surface area contributed by atoms with Gasteiger partial charge in [0.2, 0.25) is 0 Å². The Hall–Kier alpha value is -3.63. The minimum absolute atomic E-state index is 0.0647. The zero-order chi connectivity index (χ0) is 28.1. The lowest BCUT2D eigenvalue weighted by molar-refractivity contribution is -0.0680. The van der Waals surface area contributed by atoms with Gasteiger partial charge in [0.1, 0.15) is 22.5 Å². The van der Waals surface area contributed by atoms with Crippen LogP contribution in [0.15, 0.2) is 58.5 Å². The highest BCUT2D eigenvalue weighted by atomic mass is 32.1. The standard InChI is InChI=1S/C31H34N4O5S/c1-31(2,3)40-30(36)35-20-13-21(35)17-34(16-20)29-33-26-25(10-9-24(27(26)39-29)28-32-11-12-41-28)38-23-14-22(15-23)37-18-19-7-5-4-6-8-19/h4-12,20-23H,13-18H2,1-3H3. The molecule has 1 saturated carbocycles. The molecule has 0 spiro atoms. The lowest BCUT2D eigenvalue weighted by Crippen LogP contribution is -2.70. The van der Waals surface area contributed by atoms with Crippen LogP contribution < -0.4 is 9.64 Å². The van der Waals surface area contributed by atoms with Gasteiger partial charge in [-0.15, -0.1) is 11.3 Å². The van der Waals surface area contributed by atoms with E-state index in [1.54, 1.807) is 17.5 Å². The third-order valence-corrected chi connectivity index (χ3v) is 8.71. The first-order valence-corrected chi connectivity index (χ1v) is 15.1. The van der Waals surface area contributed by atoms with Crippen molar-refractivity contribution in [2.24, 2.45) is 0 Å². The number of rotatable bonds is 7. The molecule has 1 aliphatic carbocycles. The van der Waals surface area contributed by atoms with Gasteiger partial charge >= 0.3 is 6.09 Å². The molecule has 2 aromatic carbocycles. The van der Waals surface area contributed by atoms with E-state index in [1.165, 1.54) is 5.56 Å². The van der Waals surface area contributed by atoms with Gasteiger partial charge in [0.05, 0.1) is 30.4 Å². The number of hydrogen-bond acceptors (Lipinski definition) is 9. The SMILES string of the molecule is CC(C)(C)OC(=O)N1C2CC1CN(c1nc3c(OC4CC(OCc5ccccc5)C4)ccc(-c4nccs4)c3o1)C2. The van der Waals surface area contributed by atoms with Crippen LogP contribution in [0, 0.1) is 0 Å². The fourth-order valence-corrected chi connectivity index (χ4v) is 6.48. The molecule has 41 heavy (non-hydrogen) atoms. The number of fused-ring (bicyclic) bond motifs is 3. The molecule has 5 heterocycles. The number of hydrogen-bond donors (Lipinski definition) is 0. The van der Waals surface area contributed by atoms with E-state index in [0.29, 0.717) is 42.6 Å². The van der Waals surface area contributed by atoms with Crippen LogP contribution in [0.1, 0.15) is 45.6 Å². The first kappa shape index (κ1) is 26.3. The summed E-state index contributed by atoms with van der Waals surface area (Å²) in [5.41, 5.74) is 2.93. The topological polar surface area (TPSA) is 90.2 Å². The fourth-order valence-electron chi connectivity index (χ4n) is 5.82. The zero-order valence-electron chi connectivity index (χ0n) is 23.5. The predicted molar refractivity (Wildman–Crippen MR) is 156 cm³/mol. The Bertz CT molecular complexity index is 1520. The van der Waals surface area contributed by atoms with Crippen LogP contribution in [-0.4, -0.2) is 63.9 Å². The van der Waals surface area contributed by atoms with E-state index in [-0.39, 0.29) is 30.4 Å². The predicted octanol–water partition coefficient (Wildman–Crippen LogP) is 6.28. The van der Waals surface area contributed by atoms with Crippen LogP contribution in [0.5, 0.6) is 5.75 Å². The maximum Gasteiger partial charge on any atom is 0.410 e. The second-order valence-electron chi connectivity index (χ2n) is 12.1. The highest BCUT2D eigenvalue weighted by molar-refractivity contribution is 7.13. The van der Waals surface area contributed by atoms with Gasteiger partial charge in [-0.05, 0) is 44.9 Å². The highest BCUT2D eigenvalue weighted by Crippen LogP contribution is 2.42. The van der Waals surface area contributed by atoms with Gasteiger partial charge < -0.3 is 23.5 Å². The molecule has 2 atom stereocenters. The summed E-state index contributed by atoms with van der Waals surface area (Å²) >= 11 is 1.56. The van der Waals surface area contributed by atoms with Crippen LogP contribution in [0.4, 0.5) is 10.8 Å². The maximum absolute atomic E-state index is 12.7. The van der Waals surface area contributed by atoms with Crippen molar-refractivity contribution in [3.05, 3.63) is 59.6 Å². The monoisotopic (exact) mass is 574 g/mol. The van der Waals surface area contributed by atoms with Crippen molar-refractivity contribution in [3.63, 3.8) is 0 Å². The van der Waals surface area contributed by atoms with Crippen molar-refractivity contribution in [2.45, 2.75) is 76.5 Å². The third-order valence-electron chi connectivity index (χ3n) is 7.90. The van der Waals surface area contributed by atoms with E-state index >= 15 is 0 Å². The van der Waals surface area contributed by atoms with Gasteiger partial charge in [-0.25, -0.2) is 9.78 Å². The van der Waals surface area contributed by atoms with Crippen LogP contribution >= 0.6 is 11.3 Å². The van der Waals surface area contributed by atoms with Crippen molar-refractivity contribution >= 4 is 34.5 Å². The van der Waals surface area contributed by atoms with Gasteiger partial charge in [0, 0.05) is 37.5 Å². The summed E-state index contributed by atoms with van der Waals surface area (Å²) in [6, 6.07) is 14.9. The molecule has 8 rings (SSSR count). The number of carbonyl (C=O) groups excluding carboxylic acids is 1. The summed E-state index contributed by atoms with van der Waals surface area (Å²) in [5, 5.41) is 2.83. The normalized spacial score (nSPS) is 23.7. The number of piperazine rings is 1. The van der Waals surface area contributed by atoms with Gasteiger partial charge in [0.25, 0.3) is 6.01 Å². The Balaban J connectivity index is 1.07. The molecular weight excluding hydrogens is 540 g/mol. The van der Waals surface area contributed by atoms with E-state index in [2.05, 4.69) is 22.0 Å². The number of thiazole rings is 1. The molecule has 4 aliphatic rings. The molecule has 214 valence electrons. The van der Waals surface area contributed by atoms with Crippen LogP contribution in [0.25, 0.3) is 21.7 Å². The zero-order valence-corrected chi connectivity index (χ0v) is 24.3. The number of aromatic nitrogens is 2. The van der Waals surface area contributed by atoms with Crippen molar-refractivity contribution in [3.8, 4) is 16.3 Å². The van der Waals surface area contributed by atoms with Gasteiger partial charge in [-0.3, -0.25) is 4.90 Å². The van der Waals surface area contributed by atoms with E-state index in [0.717, 1.165) is 29.8 Å². The first-order valence-electron chi connectivity index (χ1n) is 14.2. The molecule has 2 unspecified atom stereocenters. The Morgan fingerprint density at radius 1 is 1.05 bits per heavy atom. The summed E-state index contributed by atoms with van der Waals surface area (Å²) in [7, 11) is 0. The summed E-state index contributed by atoms with van der Waals surface area (Å²) in [5.74, 6) is 0.708. The number of piperidine rings is 1. The average molecular weight is 575 g/mol. The molecular formula is C31H34N4O5S. The molecule has 4 fully saturated rings. The molecule has 3 aliphatic heterocycles. The Morgan fingerprint density at radius 3 is 2.54 bits per heavy atom. The average Bonchev–Trinajstić information content (AvgIpc) is 3.60. The van der Waals surface area contributed by atoms with E-state index in [4.69, 9.17) is 23.6 Å². The fraction of sp³-hybridized carbons (Fsp3) is 0.452. The van der Waals surface area contributed by atoms with Crippen molar-refractivity contribution in [2.75, 3.05) is 18.0 Å². The van der Waals surface area contributed by atoms with Crippen molar-refractivity contribution < 1.29 is 23.4 Å². The molecule has 0 radical (unpaired) electrons. The smallest absolute Gasteiger partial charge is 0.410 e. The summed E-state index contributed by atoms with van der Waals surface area (Å²) in [6.45, 7) is 7.59. The number of benzene rings is 2. The number of nitrogens with zero attached hydrogens (tertiary/aromatic N) is 4. The minimum Gasteiger partial charge on any atom is -0.488 e. The Labute approximate surface area is 243 Å². The first-order chi connectivity index (χ1) is 19.8. The highest BCUT2D eigenvalue weighted by Gasteiger charge is 2.49. The number of ether oxygens (including phenoxy) is 3.